The molecule has 0 unspecified atom stereocenters. The van der Waals surface area contributed by atoms with Gasteiger partial charge in [-0.2, -0.15) is 5.10 Å². The topological polar surface area (TPSA) is 197 Å². The maximum atomic E-state index is 12.8. The van der Waals surface area contributed by atoms with E-state index in [-0.39, 0.29) is 30.3 Å². The molecule has 16 nitrogen and oxygen atoms in total. The second-order valence-electron chi connectivity index (χ2n) is 18.9. The van der Waals surface area contributed by atoms with E-state index in [9.17, 15) is 24.6 Å². The van der Waals surface area contributed by atoms with E-state index in [1.807, 2.05) is 18.2 Å². The number of rotatable bonds is 39. The van der Waals surface area contributed by atoms with Crippen molar-refractivity contribution in [3.63, 3.8) is 0 Å². The number of aliphatic hydroxyl groups is 2. The van der Waals surface area contributed by atoms with Crippen LogP contribution in [-0.4, -0.2) is 148 Å². The number of aromatic nitrogens is 2. The molecule has 0 radical (unpaired) electrons. The molecule has 0 bridgehead atoms. The summed E-state index contributed by atoms with van der Waals surface area (Å²) < 4.78 is 26.8. The number of anilines is 1. The molecule has 1 aromatic carbocycles. The van der Waals surface area contributed by atoms with Gasteiger partial charge in [-0.15, -0.1) is 12.8 Å². The van der Waals surface area contributed by atoms with Gasteiger partial charge in [-0.05, 0) is 70.5 Å². The summed E-state index contributed by atoms with van der Waals surface area (Å²) >= 11 is 0. The van der Waals surface area contributed by atoms with Crippen LogP contribution in [0.5, 0.6) is 5.75 Å². The highest BCUT2D eigenvalue weighted by molar-refractivity contribution is 6.46. The number of fused-ring (bicyclic) bond motifs is 1. The van der Waals surface area contributed by atoms with Gasteiger partial charge < -0.3 is 49.1 Å². The number of methoxy groups -OCH3 is 1. The number of carbonyl (C=O) groups excluding carboxylic acids is 3. The van der Waals surface area contributed by atoms with Crippen LogP contribution in [-0.2, 0) is 28.5 Å². The fourth-order valence-electron chi connectivity index (χ4n) is 8.15. The first-order valence-electron chi connectivity index (χ1n) is 27.6. The molecule has 4 N–H and O–H groups in total. The fraction of sp³-hybridized carbons (Fsp3) is 0.590. The summed E-state index contributed by atoms with van der Waals surface area (Å²) in [5, 5.41) is 28.4. The maximum Gasteiger partial charge on any atom is 0.267 e. The van der Waals surface area contributed by atoms with E-state index in [0.717, 1.165) is 76.8 Å². The smallest absolute Gasteiger partial charge is 0.267 e. The molecule has 0 saturated heterocycles. The van der Waals surface area contributed by atoms with Crippen molar-refractivity contribution in [2.75, 3.05) is 104 Å². The molecule has 2 aromatic heterocycles. The van der Waals surface area contributed by atoms with E-state index in [1.54, 1.807) is 20.8 Å². The van der Waals surface area contributed by atoms with Crippen molar-refractivity contribution in [1.29, 1.82) is 0 Å². The first-order valence-corrected chi connectivity index (χ1v) is 27.6. The summed E-state index contributed by atoms with van der Waals surface area (Å²) in [7, 11) is 1.44. The van der Waals surface area contributed by atoms with E-state index >= 15 is 0 Å². The molecule has 0 aliphatic rings. The standard InChI is InChI=1S/C28H41N5O6.C17H33NO4.C16H20/c1-7-9-11-28(16-34,17-35)12-10-13-29-27(38)19(5)32-33(8-2)26-23-22(21(39-6)15-31-26)20(14-30-23)25(37)24(36)18(3)4;1-4-7-18(8-5-2)9-11-20-13-15-22-17-16-21-14-12-19-10-6-3;1-4-10-14(11-5-2)16(6-3)15-12-8-7-9-13-15/h8,14-15,18,30,34-35H,2,7,9-13,16-17H2,1,3-6H3,(H,29,38);3H,4-5,7-17H2,1-2H3;3,7-9,12-13H,4-5,10-11H2,1-2H3/b32-19+;;. The van der Waals surface area contributed by atoms with Crippen molar-refractivity contribution in [2.45, 2.75) is 126 Å². The number of ether oxygens (including phenoxy) is 5. The van der Waals surface area contributed by atoms with Crippen molar-refractivity contribution >= 4 is 45.5 Å². The molecule has 2 heterocycles. The van der Waals surface area contributed by atoms with Gasteiger partial charge in [0, 0.05) is 42.4 Å². The van der Waals surface area contributed by atoms with Gasteiger partial charge in [-0.3, -0.25) is 14.4 Å². The highest BCUT2D eigenvalue weighted by Gasteiger charge is 2.28. The largest absolute Gasteiger partial charge is 0.494 e. The molecule has 1 amide bonds. The number of allylic oxidation sites excluding steroid dienone is 2. The maximum absolute atomic E-state index is 12.8. The molecule has 0 atom stereocenters. The number of nitrogens with zero attached hydrogens (tertiary/aromatic N) is 4. The number of pyridine rings is 1. The number of hydrogen-bond donors (Lipinski definition) is 4. The minimum Gasteiger partial charge on any atom is -0.494 e. The van der Waals surface area contributed by atoms with Gasteiger partial charge >= 0.3 is 0 Å². The third-order valence-corrected chi connectivity index (χ3v) is 12.3. The van der Waals surface area contributed by atoms with E-state index in [4.69, 9.17) is 36.5 Å². The van der Waals surface area contributed by atoms with Crippen molar-refractivity contribution < 1.29 is 48.3 Å². The van der Waals surface area contributed by atoms with E-state index in [0.29, 0.717) is 82.3 Å². The van der Waals surface area contributed by atoms with Crippen LogP contribution in [0.2, 0.25) is 0 Å². The molecule has 77 heavy (non-hydrogen) atoms. The Hall–Kier alpha value is -5.69. The Balaban J connectivity index is 0.000000653. The molecule has 0 fully saturated rings. The highest BCUT2D eigenvalue weighted by Crippen LogP contribution is 2.35. The number of carbonyl (C=O) groups is 3. The highest BCUT2D eigenvalue weighted by atomic mass is 16.6. The number of benzene rings is 1. The number of Topliss-reactive ketones (excluding diaryl/α,β-unsaturated/α-hetero) is 2. The molecule has 0 aliphatic heterocycles. The Morgan fingerprint density at radius 1 is 0.844 bits per heavy atom. The molecule has 0 saturated carbocycles. The number of ketones is 2. The summed E-state index contributed by atoms with van der Waals surface area (Å²) in [4.78, 5) is 47.8. The summed E-state index contributed by atoms with van der Waals surface area (Å²) in [6, 6.07) is 10.3. The Kier molecular flexibility index (Phi) is 38.1. The van der Waals surface area contributed by atoms with Gasteiger partial charge in [0.1, 0.15) is 18.1 Å². The van der Waals surface area contributed by atoms with Crippen molar-refractivity contribution in [1.82, 2.24) is 20.2 Å². The molecule has 3 aromatic rings. The van der Waals surface area contributed by atoms with Crippen molar-refractivity contribution in [3.05, 3.63) is 72.2 Å². The van der Waals surface area contributed by atoms with Crippen LogP contribution in [0.3, 0.4) is 0 Å². The Morgan fingerprint density at radius 3 is 1.94 bits per heavy atom. The number of hydrogen-bond acceptors (Lipinski definition) is 14. The summed E-state index contributed by atoms with van der Waals surface area (Å²) in [6.45, 7) is 27.5. The van der Waals surface area contributed by atoms with E-state index < -0.39 is 28.8 Å². The molecular formula is C61H94N6O10. The van der Waals surface area contributed by atoms with Crippen molar-refractivity contribution in [2.24, 2.45) is 16.4 Å². The lowest BCUT2D eigenvalue weighted by molar-refractivity contribution is -0.117. The van der Waals surface area contributed by atoms with Gasteiger partial charge in [0.25, 0.3) is 5.91 Å². The lowest BCUT2D eigenvalue weighted by Crippen LogP contribution is -2.34. The fourth-order valence-corrected chi connectivity index (χ4v) is 8.15. The lowest BCUT2D eigenvalue weighted by Gasteiger charge is -2.29. The van der Waals surface area contributed by atoms with Gasteiger partial charge in [-0.25, -0.2) is 9.99 Å². The number of H-pyrrole nitrogens is 1. The quantitative estimate of drug-likeness (QED) is 0.0105. The number of aromatic amines is 1. The predicted molar refractivity (Wildman–Crippen MR) is 312 cm³/mol. The molecule has 428 valence electrons. The molecule has 3 rings (SSSR count). The lowest BCUT2D eigenvalue weighted by atomic mass is 9.80. The van der Waals surface area contributed by atoms with Crippen LogP contribution in [0.15, 0.2) is 66.2 Å². The van der Waals surface area contributed by atoms with Crippen LogP contribution in [0.4, 0.5) is 5.82 Å². The summed E-state index contributed by atoms with van der Waals surface area (Å²) in [6.07, 6.45) is 25.6. The second kappa shape index (κ2) is 42.3. The normalized spacial score (nSPS) is 11.2. The first kappa shape index (κ1) is 69.3. The zero-order chi connectivity index (χ0) is 57.3. The van der Waals surface area contributed by atoms with Crippen LogP contribution >= 0.6 is 0 Å². The number of amides is 1. The third-order valence-electron chi connectivity index (χ3n) is 12.3. The SMILES string of the molecule is C#CC(=C(CCC)CCC)c1ccccc1.C#CCOCCOCCOCCOCCN(CCC)CCC.C=CN(/N=C(\C)C(=O)NCCCC(CO)(CO)CCCC)c1ncc(OC)c2c(C(=O)C(=O)C(C)C)c[nH]c12. The first-order chi connectivity index (χ1) is 37.3. The third kappa shape index (κ3) is 26.0. The monoisotopic (exact) mass is 1070 g/mol. The molecular weight excluding hydrogens is 977 g/mol. The average Bonchev–Trinajstić information content (AvgIpc) is 3.91. The number of unbranched alkanes of at least 4 members (excludes halogenated alkanes) is 1. The van der Waals surface area contributed by atoms with E-state index in [1.165, 1.54) is 54.7 Å². The van der Waals surface area contributed by atoms with Crippen LogP contribution in [0.25, 0.3) is 16.5 Å². The van der Waals surface area contributed by atoms with E-state index in [2.05, 4.69) is 90.5 Å². The van der Waals surface area contributed by atoms with Crippen molar-refractivity contribution in [3.8, 4) is 30.4 Å². The average molecular weight is 1070 g/mol. The number of aliphatic hydroxyl groups excluding tert-OH is 2. The Morgan fingerprint density at radius 2 is 1.43 bits per heavy atom. The van der Waals surface area contributed by atoms with Crippen LogP contribution in [0, 0.1) is 36.0 Å². The van der Waals surface area contributed by atoms with Gasteiger partial charge in [0.05, 0.1) is 89.2 Å². The second-order valence-corrected chi connectivity index (χ2v) is 18.9. The summed E-state index contributed by atoms with van der Waals surface area (Å²) in [5.74, 6) is 3.80. The number of hydrazone groups is 1. The minimum absolute atomic E-state index is 0.104. The molecule has 0 aliphatic carbocycles. The minimum atomic E-state index is -0.642. The van der Waals surface area contributed by atoms with Gasteiger partial charge in [0.15, 0.2) is 5.82 Å². The number of terminal acetylenes is 2. The molecule has 16 heteroatoms. The predicted octanol–water partition coefficient (Wildman–Crippen LogP) is 9.84. The van der Waals surface area contributed by atoms with Gasteiger partial charge in [-0.1, -0.05) is 128 Å². The van der Waals surface area contributed by atoms with Gasteiger partial charge in [0.2, 0.25) is 11.6 Å². The zero-order valence-corrected chi connectivity index (χ0v) is 48.2. The Labute approximate surface area is 461 Å². The Bertz CT molecular complexity index is 2260. The zero-order valence-electron chi connectivity index (χ0n) is 48.2. The molecule has 0 spiro atoms. The summed E-state index contributed by atoms with van der Waals surface area (Å²) in [5.41, 5.74) is 3.85. The van der Waals surface area contributed by atoms with Crippen LogP contribution in [0.1, 0.15) is 142 Å². The number of nitrogens with one attached hydrogen (secondary N) is 2. The van der Waals surface area contributed by atoms with Crippen LogP contribution < -0.4 is 15.1 Å².